The van der Waals surface area contributed by atoms with Gasteiger partial charge in [0.1, 0.15) is 11.5 Å². The van der Waals surface area contributed by atoms with Crippen molar-refractivity contribution in [3.05, 3.63) is 81.3 Å². The monoisotopic (exact) mass is 560 g/mol. The van der Waals surface area contributed by atoms with Gasteiger partial charge in [0.15, 0.2) is 17.6 Å². The van der Waals surface area contributed by atoms with E-state index in [1.807, 2.05) is 0 Å². The molecule has 0 radical (unpaired) electrons. The molecule has 0 aliphatic carbocycles. The molecule has 0 unspecified atom stereocenters. The third kappa shape index (κ3) is 7.21. The Labute approximate surface area is 215 Å². The first-order chi connectivity index (χ1) is 16.8. The van der Waals surface area contributed by atoms with Gasteiger partial charge in [-0.2, -0.15) is 5.10 Å². The van der Waals surface area contributed by atoms with Gasteiger partial charge in [-0.3, -0.25) is 4.79 Å². The zero-order valence-corrected chi connectivity index (χ0v) is 21.4. The van der Waals surface area contributed by atoms with Gasteiger partial charge in [0.05, 0.1) is 26.0 Å². The third-order valence-electron chi connectivity index (χ3n) is 4.67. The summed E-state index contributed by atoms with van der Waals surface area (Å²) in [5, 5.41) is 4.54. The Hall–Kier alpha value is -3.56. The van der Waals surface area contributed by atoms with Crippen LogP contribution in [0.3, 0.4) is 0 Å². The summed E-state index contributed by atoms with van der Waals surface area (Å²) >= 11 is 9.23. The van der Waals surface area contributed by atoms with Crippen LogP contribution in [0.1, 0.15) is 22.8 Å². The number of hydrazone groups is 1. The smallest absolute Gasteiger partial charge is 0.343 e. The summed E-state index contributed by atoms with van der Waals surface area (Å²) in [5.74, 6) is 0.573. The van der Waals surface area contributed by atoms with Crippen molar-refractivity contribution in [3.63, 3.8) is 0 Å². The molecule has 10 heteroatoms. The second kappa shape index (κ2) is 12.2. The van der Waals surface area contributed by atoms with Crippen molar-refractivity contribution in [2.75, 3.05) is 14.2 Å². The minimum atomic E-state index is -0.807. The van der Waals surface area contributed by atoms with Crippen molar-refractivity contribution in [1.82, 2.24) is 5.43 Å². The molecule has 182 valence electrons. The van der Waals surface area contributed by atoms with E-state index in [9.17, 15) is 9.59 Å². The molecule has 0 saturated carbocycles. The Kier molecular flexibility index (Phi) is 9.11. The Morgan fingerprint density at radius 3 is 2.34 bits per heavy atom. The van der Waals surface area contributed by atoms with E-state index < -0.39 is 18.0 Å². The van der Waals surface area contributed by atoms with Crippen molar-refractivity contribution in [2.24, 2.45) is 5.10 Å². The highest BCUT2D eigenvalue weighted by Crippen LogP contribution is 2.29. The van der Waals surface area contributed by atoms with Crippen LogP contribution in [0.4, 0.5) is 0 Å². The number of benzene rings is 3. The Balaban J connectivity index is 1.68. The lowest BCUT2D eigenvalue weighted by molar-refractivity contribution is -0.127. The van der Waals surface area contributed by atoms with Gasteiger partial charge in [-0.25, -0.2) is 10.2 Å². The number of carbonyl (C=O) groups is 2. The van der Waals surface area contributed by atoms with Crippen molar-refractivity contribution in [2.45, 2.75) is 13.0 Å². The third-order valence-corrected chi connectivity index (χ3v) is 5.41. The van der Waals surface area contributed by atoms with E-state index in [4.69, 9.17) is 30.5 Å². The molecule has 0 aliphatic heterocycles. The SMILES string of the molecule is COc1ccc(C(=O)Oc2ccc(Br)cc2/C=N\NC(=O)[C@H](C)Oc2ccc(Cl)cc2)cc1OC. The van der Waals surface area contributed by atoms with Gasteiger partial charge in [0.25, 0.3) is 5.91 Å². The molecule has 0 aliphatic rings. The van der Waals surface area contributed by atoms with Crippen molar-refractivity contribution in [3.8, 4) is 23.0 Å². The lowest BCUT2D eigenvalue weighted by atomic mass is 10.2. The maximum atomic E-state index is 12.7. The minimum absolute atomic E-state index is 0.247. The van der Waals surface area contributed by atoms with Crippen LogP contribution < -0.4 is 24.4 Å². The summed E-state index contributed by atoms with van der Waals surface area (Å²) in [6.07, 6.45) is 0.563. The number of halogens is 2. The second-order valence-electron chi connectivity index (χ2n) is 7.09. The molecule has 0 fully saturated rings. The lowest BCUT2D eigenvalue weighted by Crippen LogP contribution is -2.33. The van der Waals surface area contributed by atoms with Crippen LogP contribution in [0, 0.1) is 0 Å². The predicted octanol–water partition coefficient (Wildman–Crippen LogP) is 5.26. The molecule has 0 aromatic heterocycles. The summed E-state index contributed by atoms with van der Waals surface area (Å²) in [5.41, 5.74) is 3.15. The number of methoxy groups -OCH3 is 2. The first kappa shape index (κ1) is 26.1. The number of esters is 1. The summed E-state index contributed by atoms with van der Waals surface area (Å²) in [7, 11) is 2.98. The largest absolute Gasteiger partial charge is 0.493 e. The molecule has 3 rings (SSSR count). The number of rotatable bonds is 9. The molecule has 1 atom stereocenters. The quantitative estimate of drug-likeness (QED) is 0.166. The summed E-state index contributed by atoms with van der Waals surface area (Å²) in [6, 6.07) is 16.4. The predicted molar refractivity (Wildman–Crippen MR) is 136 cm³/mol. The van der Waals surface area contributed by atoms with Crippen molar-refractivity contribution < 1.29 is 28.5 Å². The van der Waals surface area contributed by atoms with Gasteiger partial charge < -0.3 is 18.9 Å². The normalized spacial score (nSPS) is 11.6. The summed E-state index contributed by atoms with van der Waals surface area (Å²) in [4.78, 5) is 25.1. The van der Waals surface area contributed by atoms with Crippen molar-refractivity contribution in [1.29, 1.82) is 0 Å². The number of hydrogen-bond acceptors (Lipinski definition) is 7. The molecule has 1 amide bonds. The molecule has 3 aromatic rings. The number of hydrogen-bond donors (Lipinski definition) is 1. The van der Waals surface area contributed by atoms with Crippen LogP contribution in [0.15, 0.2) is 70.2 Å². The topological polar surface area (TPSA) is 95.5 Å². The standard InChI is InChI=1S/C25H22BrClN2O6/c1-15(34-20-8-6-19(27)7-9-20)24(30)29-28-14-17-12-18(26)5-11-21(17)35-25(31)16-4-10-22(32-2)23(13-16)33-3/h4-15H,1-3H3,(H,29,30)/b28-14-/t15-/m0/s1. The van der Waals surface area contributed by atoms with E-state index in [0.29, 0.717) is 27.8 Å². The van der Waals surface area contributed by atoms with Crippen molar-refractivity contribution >= 4 is 45.6 Å². The van der Waals surface area contributed by atoms with Gasteiger partial charge in [-0.1, -0.05) is 27.5 Å². The van der Waals surface area contributed by atoms with Gasteiger partial charge in [0, 0.05) is 15.1 Å². The van der Waals surface area contributed by atoms with Crippen LogP contribution in [-0.4, -0.2) is 38.4 Å². The molecule has 0 bridgehead atoms. The summed E-state index contributed by atoms with van der Waals surface area (Å²) < 4.78 is 22.3. The van der Waals surface area contributed by atoms with Crippen LogP contribution in [0.2, 0.25) is 5.02 Å². The fourth-order valence-corrected chi connectivity index (χ4v) is 3.37. The molecular formula is C25H22BrClN2O6. The number of amides is 1. The van der Waals surface area contributed by atoms with Crippen LogP contribution in [-0.2, 0) is 4.79 Å². The molecular weight excluding hydrogens is 540 g/mol. The van der Waals surface area contributed by atoms with Gasteiger partial charge in [-0.15, -0.1) is 0 Å². The zero-order chi connectivity index (χ0) is 25.4. The van der Waals surface area contributed by atoms with E-state index >= 15 is 0 Å². The molecule has 1 N–H and O–H groups in total. The van der Waals surface area contributed by atoms with E-state index in [-0.39, 0.29) is 11.3 Å². The second-order valence-corrected chi connectivity index (χ2v) is 8.44. The number of carbonyl (C=O) groups excluding carboxylic acids is 2. The first-order valence-corrected chi connectivity index (χ1v) is 11.5. The molecule has 0 heterocycles. The average Bonchev–Trinajstić information content (AvgIpc) is 2.86. The fourth-order valence-electron chi connectivity index (χ4n) is 2.86. The maximum Gasteiger partial charge on any atom is 0.343 e. The highest BCUT2D eigenvalue weighted by Gasteiger charge is 2.16. The van der Waals surface area contributed by atoms with E-state index in [0.717, 1.165) is 4.47 Å². The van der Waals surface area contributed by atoms with Crippen LogP contribution in [0.25, 0.3) is 0 Å². The Morgan fingerprint density at radius 1 is 0.971 bits per heavy atom. The van der Waals surface area contributed by atoms with E-state index in [1.165, 1.54) is 26.5 Å². The number of nitrogens with one attached hydrogen (secondary N) is 1. The Morgan fingerprint density at radius 2 is 1.66 bits per heavy atom. The summed E-state index contributed by atoms with van der Waals surface area (Å²) in [6.45, 7) is 1.59. The zero-order valence-electron chi connectivity index (χ0n) is 19.1. The minimum Gasteiger partial charge on any atom is -0.493 e. The highest BCUT2D eigenvalue weighted by atomic mass is 79.9. The fraction of sp³-hybridized carbons (Fsp3) is 0.160. The average molecular weight is 562 g/mol. The maximum absolute atomic E-state index is 12.7. The van der Waals surface area contributed by atoms with Gasteiger partial charge >= 0.3 is 5.97 Å². The van der Waals surface area contributed by atoms with E-state index in [2.05, 4.69) is 26.5 Å². The molecule has 8 nitrogen and oxygen atoms in total. The first-order valence-electron chi connectivity index (χ1n) is 10.3. The lowest BCUT2D eigenvalue weighted by Gasteiger charge is -2.13. The van der Waals surface area contributed by atoms with Crippen LogP contribution in [0.5, 0.6) is 23.0 Å². The Bertz CT molecular complexity index is 1230. The highest BCUT2D eigenvalue weighted by molar-refractivity contribution is 9.10. The van der Waals surface area contributed by atoms with Gasteiger partial charge in [0.2, 0.25) is 0 Å². The number of nitrogens with zero attached hydrogens (tertiary/aromatic N) is 1. The molecule has 0 saturated heterocycles. The molecule has 35 heavy (non-hydrogen) atoms. The molecule has 3 aromatic carbocycles. The van der Waals surface area contributed by atoms with Gasteiger partial charge in [-0.05, 0) is 67.6 Å². The van der Waals surface area contributed by atoms with E-state index in [1.54, 1.807) is 61.5 Å². The molecule has 0 spiro atoms. The van der Waals surface area contributed by atoms with Crippen LogP contribution >= 0.6 is 27.5 Å². The number of ether oxygens (including phenoxy) is 4.